The largest absolute Gasteiger partial charge is 0.438 e. The molecule has 0 saturated carbocycles. The van der Waals surface area contributed by atoms with Crippen molar-refractivity contribution < 1.29 is 4.74 Å². The standard InChI is InChI=1S/C19H15N7O/c20-11-14-15(12-7-3-1-4-8-12)16(26-19(22)23-24-25-26)17(27-18(14)21)13-9-5-2-6-10-13/h1-10,15H,21H2,(H2,22,23,25)/t15-/m1/s1. The number of allylic oxidation sites excluding steroid dienone is 2. The SMILES string of the molecule is N#CC1=C(N)OC(c2ccccc2)=C(n2nnnc2N)[C@@H]1c1ccccc1. The summed E-state index contributed by atoms with van der Waals surface area (Å²) in [5, 5.41) is 21.2. The molecule has 8 nitrogen and oxygen atoms in total. The Morgan fingerprint density at radius 3 is 2.26 bits per heavy atom. The minimum atomic E-state index is -0.536. The molecule has 0 spiro atoms. The van der Waals surface area contributed by atoms with Crippen molar-refractivity contribution in [1.29, 1.82) is 5.26 Å². The fraction of sp³-hybridized carbons (Fsp3) is 0.0526. The van der Waals surface area contributed by atoms with E-state index in [2.05, 4.69) is 21.6 Å². The van der Waals surface area contributed by atoms with E-state index in [1.54, 1.807) is 0 Å². The van der Waals surface area contributed by atoms with Crippen LogP contribution in [-0.2, 0) is 4.74 Å². The van der Waals surface area contributed by atoms with Gasteiger partial charge in [0.25, 0.3) is 0 Å². The van der Waals surface area contributed by atoms with E-state index in [9.17, 15) is 5.26 Å². The van der Waals surface area contributed by atoms with Gasteiger partial charge in [-0.2, -0.15) is 9.94 Å². The van der Waals surface area contributed by atoms with Crippen LogP contribution in [0.3, 0.4) is 0 Å². The lowest BCUT2D eigenvalue weighted by molar-refractivity contribution is 0.360. The van der Waals surface area contributed by atoms with Gasteiger partial charge >= 0.3 is 0 Å². The Bertz CT molecular complexity index is 1080. The average molecular weight is 357 g/mol. The summed E-state index contributed by atoms with van der Waals surface area (Å²) in [6, 6.07) is 21.1. The lowest BCUT2D eigenvalue weighted by Crippen LogP contribution is -2.24. The fourth-order valence-electron chi connectivity index (χ4n) is 3.10. The first-order chi connectivity index (χ1) is 13.2. The average Bonchev–Trinajstić information content (AvgIpc) is 3.14. The molecule has 1 aromatic heterocycles. The molecular weight excluding hydrogens is 342 g/mol. The summed E-state index contributed by atoms with van der Waals surface area (Å²) in [7, 11) is 0. The van der Waals surface area contributed by atoms with Gasteiger partial charge in [-0.25, -0.2) is 0 Å². The highest BCUT2D eigenvalue weighted by Crippen LogP contribution is 2.44. The third-order valence-corrected chi connectivity index (χ3v) is 4.28. The number of nitrogens with two attached hydrogens (primary N) is 2. The highest BCUT2D eigenvalue weighted by molar-refractivity contribution is 5.87. The molecular formula is C19H15N7O. The second-order valence-corrected chi connectivity index (χ2v) is 5.86. The third-order valence-electron chi connectivity index (χ3n) is 4.28. The van der Waals surface area contributed by atoms with Crippen LogP contribution in [0.1, 0.15) is 17.0 Å². The molecule has 0 aliphatic carbocycles. The van der Waals surface area contributed by atoms with Crippen LogP contribution in [0.25, 0.3) is 11.5 Å². The van der Waals surface area contributed by atoms with E-state index < -0.39 is 5.92 Å². The Kier molecular flexibility index (Phi) is 4.03. The summed E-state index contributed by atoms with van der Waals surface area (Å²) in [4.78, 5) is 0. The van der Waals surface area contributed by atoms with Crippen LogP contribution < -0.4 is 11.5 Å². The summed E-state index contributed by atoms with van der Waals surface area (Å²) >= 11 is 0. The maximum Gasteiger partial charge on any atom is 0.244 e. The van der Waals surface area contributed by atoms with Gasteiger partial charge in [0.1, 0.15) is 17.3 Å². The molecule has 1 aliphatic rings. The number of benzene rings is 2. The minimum absolute atomic E-state index is 0.0422. The summed E-state index contributed by atoms with van der Waals surface area (Å²) in [6.07, 6.45) is 0. The number of nitrogen functional groups attached to an aromatic ring is 1. The Hall–Kier alpha value is -4.12. The van der Waals surface area contributed by atoms with Crippen LogP contribution in [-0.4, -0.2) is 20.2 Å². The lowest BCUT2D eigenvalue weighted by atomic mass is 9.86. The van der Waals surface area contributed by atoms with Gasteiger partial charge in [0.2, 0.25) is 11.8 Å². The molecule has 0 saturated heterocycles. The number of hydrogen-bond acceptors (Lipinski definition) is 7. The quantitative estimate of drug-likeness (QED) is 0.734. The molecule has 1 atom stereocenters. The summed E-state index contributed by atoms with van der Waals surface area (Å²) in [5.74, 6) is 0.0345. The van der Waals surface area contributed by atoms with Crippen molar-refractivity contribution in [2.24, 2.45) is 5.73 Å². The molecule has 0 unspecified atom stereocenters. The van der Waals surface area contributed by atoms with Gasteiger partial charge < -0.3 is 16.2 Å². The van der Waals surface area contributed by atoms with Crippen molar-refractivity contribution in [1.82, 2.24) is 20.2 Å². The van der Waals surface area contributed by atoms with Crippen molar-refractivity contribution in [3.8, 4) is 6.07 Å². The molecule has 8 heteroatoms. The normalized spacial score (nSPS) is 16.8. The number of aromatic nitrogens is 4. The van der Waals surface area contributed by atoms with Crippen LogP contribution in [0.2, 0.25) is 0 Å². The van der Waals surface area contributed by atoms with E-state index in [1.807, 2.05) is 60.7 Å². The Balaban J connectivity index is 2.04. The van der Waals surface area contributed by atoms with Crippen molar-refractivity contribution >= 4 is 17.4 Å². The van der Waals surface area contributed by atoms with E-state index in [0.29, 0.717) is 11.5 Å². The molecule has 27 heavy (non-hydrogen) atoms. The summed E-state index contributed by atoms with van der Waals surface area (Å²) in [5.41, 5.74) is 14.5. The zero-order valence-corrected chi connectivity index (χ0v) is 14.1. The number of rotatable bonds is 3. The zero-order chi connectivity index (χ0) is 18.8. The van der Waals surface area contributed by atoms with Crippen molar-refractivity contribution in [2.75, 3.05) is 5.73 Å². The second-order valence-electron chi connectivity index (χ2n) is 5.86. The maximum absolute atomic E-state index is 9.75. The van der Waals surface area contributed by atoms with E-state index in [-0.39, 0.29) is 17.4 Å². The number of nitrogens with zero attached hydrogens (tertiary/aromatic N) is 5. The zero-order valence-electron chi connectivity index (χ0n) is 14.1. The molecule has 4 N–H and O–H groups in total. The van der Waals surface area contributed by atoms with Crippen LogP contribution in [0.15, 0.2) is 72.1 Å². The molecule has 0 amide bonds. The molecule has 2 heterocycles. The topological polar surface area (TPSA) is 129 Å². The smallest absolute Gasteiger partial charge is 0.244 e. The van der Waals surface area contributed by atoms with E-state index in [0.717, 1.165) is 11.1 Å². The molecule has 2 aromatic carbocycles. The van der Waals surface area contributed by atoms with Crippen LogP contribution >= 0.6 is 0 Å². The van der Waals surface area contributed by atoms with Crippen LogP contribution in [0.5, 0.6) is 0 Å². The van der Waals surface area contributed by atoms with Gasteiger partial charge in [0, 0.05) is 5.56 Å². The summed E-state index contributed by atoms with van der Waals surface area (Å²) < 4.78 is 7.24. The van der Waals surface area contributed by atoms with E-state index in [1.165, 1.54) is 4.68 Å². The van der Waals surface area contributed by atoms with E-state index >= 15 is 0 Å². The first-order valence-electron chi connectivity index (χ1n) is 8.17. The molecule has 0 bridgehead atoms. The maximum atomic E-state index is 9.75. The van der Waals surface area contributed by atoms with Gasteiger partial charge in [0.05, 0.1) is 5.92 Å². The van der Waals surface area contributed by atoms with Crippen LogP contribution in [0, 0.1) is 11.3 Å². The number of nitriles is 1. The molecule has 4 rings (SSSR count). The number of ether oxygens (including phenoxy) is 1. The van der Waals surface area contributed by atoms with Gasteiger partial charge in [-0.3, -0.25) is 0 Å². The van der Waals surface area contributed by atoms with Crippen molar-refractivity contribution in [3.05, 3.63) is 83.2 Å². The molecule has 132 valence electrons. The molecule has 1 aliphatic heterocycles. The Morgan fingerprint density at radius 1 is 1.00 bits per heavy atom. The minimum Gasteiger partial charge on any atom is -0.438 e. The monoisotopic (exact) mass is 357 g/mol. The third kappa shape index (κ3) is 2.77. The highest BCUT2D eigenvalue weighted by Gasteiger charge is 2.36. The Labute approximate surface area is 155 Å². The van der Waals surface area contributed by atoms with Crippen LogP contribution in [0.4, 0.5) is 5.95 Å². The second kappa shape index (κ2) is 6.65. The first-order valence-corrected chi connectivity index (χ1v) is 8.17. The van der Waals surface area contributed by atoms with E-state index in [4.69, 9.17) is 16.2 Å². The van der Waals surface area contributed by atoms with Gasteiger partial charge in [-0.05, 0) is 16.0 Å². The fourth-order valence-corrected chi connectivity index (χ4v) is 3.10. The highest BCUT2D eigenvalue weighted by atomic mass is 16.5. The number of tetrazole rings is 1. The first kappa shape index (κ1) is 16.4. The predicted molar refractivity (Wildman–Crippen MR) is 98.9 cm³/mol. The van der Waals surface area contributed by atoms with Gasteiger partial charge in [-0.1, -0.05) is 65.8 Å². The number of anilines is 1. The molecule has 0 radical (unpaired) electrons. The van der Waals surface area contributed by atoms with Crippen molar-refractivity contribution in [3.63, 3.8) is 0 Å². The van der Waals surface area contributed by atoms with Crippen molar-refractivity contribution in [2.45, 2.75) is 5.92 Å². The molecule has 3 aromatic rings. The number of hydrogen-bond donors (Lipinski definition) is 2. The molecule has 0 fully saturated rings. The predicted octanol–water partition coefficient (Wildman–Crippen LogP) is 2.09. The Morgan fingerprint density at radius 2 is 1.67 bits per heavy atom. The van der Waals surface area contributed by atoms with Gasteiger partial charge in [-0.15, -0.1) is 0 Å². The van der Waals surface area contributed by atoms with Gasteiger partial charge in [0.15, 0.2) is 5.76 Å². The summed E-state index contributed by atoms with van der Waals surface area (Å²) in [6.45, 7) is 0. The lowest BCUT2D eigenvalue weighted by Gasteiger charge is -2.29.